The smallest absolute Gasteiger partial charge is 0.256 e. The molecule has 0 saturated carbocycles. The van der Waals surface area contributed by atoms with Gasteiger partial charge in [0.25, 0.3) is 5.91 Å². The van der Waals surface area contributed by atoms with Crippen molar-refractivity contribution in [1.82, 2.24) is 25.3 Å². The Bertz CT molecular complexity index is 902. The van der Waals surface area contributed by atoms with Crippen molar-refractivity contribution in [1.29, 1.82) is 0 Å². The summed E-state index contributed by atoms with van der Waals surface area (Å²) in [7, 11) is 0. The Morgan fingerprint density at radius 1 is 1.33 bits per heavy atom. The van der Waals surface area contributed by atoms with Crippen LogP contribution in [0.3, 0.4) is 0 Å². The number of nitrogens with zero attached hydrogens (tertiary/aromatic N) is 2. The number of rotatable bonds is 6. The minimum Gasteiger partial charge on any atom is -0.478 e. The van der Waals surface area contributed by atoms with Gasteiger partial charge in [0.05, 0.1) is 18.5 Å². The summed E-state index contributed by atoms with van der Waals surface area (Å²) in [5.74, 6) is -0.0893. The Hall–Kier alpha value is -3.16. The van der Waals surface area contributed by atoms with Gasteiger partial charge < -0.3 is 20.0 Å². The van der Waals surface area contributed by atoms with Gasteiger partial charge in [-0.3, -0.25) is 9.59 Å². The van der Waals surface area contributed by atoms with E-state index in [2.05, 4.69) is 25.3 Å². The van der Waals surface area contributed by atoms with Crippen molar-refractivity contribution in [2.75, 3.05) is 13.2 Å². The van der Waals surface area contributed by atoms with Gasteiger partial charge >= 0.3 is 0 Å². The van der Waals surface area contributed by atoms with Gasteiger partial charge in [-0.25, -0.2) is 9.97 Å². The molecular weight excluding hydrogens is 310 g/mol. The molecule has 0 radical (unpaired) electrons. The summed E-state index contributed by atoms with van der Waals surface area (Å²) in [6.45, 7) is 2.68. The lowest BCUT2D eigenvalue weighted by Crippen LogP contribution is -2.30. The first-order valence-electron chi connectivity index (χ1n) is 7.59. The zero-order valence-electron chi connectivity index (χ0n) is 13.1. The van der Waals surface area contributed by atoms with E-state index in [0.29, 0.717) is 31.0 Å². The predicted octanol–water partition coefficient (Wildman–Crippen LogP) is 1.02. The van der Waals surface area contributed by atoms with Crippen molar-refractivity contribution >= 4 is 16.9 Å². The number of carbonyl (C=O) groups excluding carboxylic acids is 1. The van der Waals surface area contributed by atoms with Gasteiger partial charge in [-0.2, -0.15) is 0 Å². The molecule has 3 heterocycles. The highest BCUT2D eigenvalue weighted by Gasteiger charge is 2.14. The number of carbonyl (C=O) groups is 1. The summed E-state index contributed by atoms with van der Waals surface area (Å²) in [4.78, 5) is 38.7. The van der Waals surface area contributed by atoms with Crippen LogP contribution in [-0.2, 0) is 6.42 Å². The summed E-state index contributed by atoms with van der Waals surface area (Å²) >= 11 is 0. The molecule has 8 heteroatoms. The van der Waals surface area contributed by atoms with Crippen LogP contribution in [0.4, 0.5) is 0 Å². The van der Waals surface area contributed by atoms with Gasteiger partial charge in [-0.1, -0.05) is 0 Å². The van der Waals surface area contributed by atoms with E-state index in [-0.39, 0.29) is 11.1 Å². The maximum atomic E-state index is 12.5. The molecule has 0 atom stereocenters. The average molecular weight is 327 g/mol. The lowest BCUT2D eigenvalue weighted by molar-refractivity contribution is 0.0953. The van der Waals surface area contributed by atoms with E-state index in [9.17, 15) is 9.59 Å². The quantitative estimate of drug-likeness (QED) is 0.625. The van der Waals surface area contributed by atoms with Crippen molar-refractivity contribution in [3.05, 3.63) is 52.3 Å². The lowest BCUT2D eigenvalue weighted by Gasteiger charge is -2.06. The summed E-state index contributed by atoms with van der Waals surface area (Å²) in [5.41, 5.74) is 1.24. The van der Waals surface area contributed by atoms with E-state index in [1.807, 2.05) is 6.92 Å². The lowest BCUT2D eigenvalue weighted by atomic mass is 10.2. The van der Waals surface area contributed by atoms with Crippen LogP contribution in [0, 0.1) is 0 Å². The number of nitrogens with one attached hydrogen (secondary N) is 3. The van der Waals surface area contributed by atoms with E-state index >= 15 is 0 Å². The first-order chi connectivity index (χ1) is 11.7. The van der Waals surface area contributed by atoms with Crippen LogP contribution < -0.4 is 15.5 Å². The highest BCUT2D eigenvalue weighted by atomic mass is 16.5. The number of pyridine rings is 2. The number of hydrogen-bond donors (Lipinski definition) is 3. The van der Waals surface area contributed by atoms with Crippen molar-refractivity contribution in [3.63, 3.8) is 0 Å². The van der Waals surface area contributed by atoms with Crippen molar-refractivity contribution in [2.24, 2.45) is 0 Å². The number of ether oxygens (including phenoxy) is 1. The number of imidazole rings is 1. The highest BCUT2D eigenvalue weighted by molar-refractivity contribution is 5.96. The van der Waals surface area contributed by atoms with Crippen molar-refractivity contribution < 1.29 is 9.53 Å². The molecule has 124 valence electrons. The Kier molecular flexibility index (Phi) is 4.55. The van der Waals surface area contributed by atoms with Crippen LogP contribution in [0.25, 0.3) is 11.0 Å². The molecule has 0 aliphatic carbocycles. The summed E-state index contributed by atoms with van der Waals surface area (Å²) < 4.78 is 5.30. The maximum absolute atomic E-state index is 12.5. The number of amides is 1. The Labute approximate surface area is 137 Å². The van der Waals surface area contributed by atoms with Gasteiger partial charge in [-0.05, 0) is 13.0 Å². The zero-order chi connectivity index (χ0) is 16.9. The SMILES string of the molecule is CCOc1ccc2[nH]cc(C(=O)NCCc3cnc[nH]3)c(=O)c2n1. The van der Waals surface area contributed by atoms with E-state index in [1.54, 1.807) is 24.7 Å². The normalized spacial score (nSPS) is 10.7. The van der Waals surface area contributed by atoms with Crippen LogP contribution in [0.15, 0.2) is 35.6 Å². The molecule has 0 saturated heterocycles. The average Bonchev–Trinajstić information content (AvgIpc) is 3.09. The molecule has 3 rings (SSSR count). The molecule has 1 amide bonds. The molecule has 8 nitrogen and oxygen atoms in total. The first kappa shape index (κ1) is 15.7. The first-order valence-corrected chi connectivity index (χ1v) is 7.59. The zero-order valence-corrected chi connectivity index (χ0v) is 13.1. The fourth-order valence-electron chi connectivity index (χ4n) is 2.30. The molecule has 3 aromatic rings. The van der Waals surface area contributed by atoms with Crippen LogP contribution >= 0.6 is 0 Å². The molecule has 0 aliphatic rings. The molecule has 0 spiro atoms. The fraction of sp³-hybridized carbons (Fsp3) is 0.250. The van der Waals surface area contributed by atoms with Gasteiger partial charge in [-0.15, -0.1) is 0 Å². The molecule has 0 aromatic carbocycles. The van der Waals surface area contributed by atoms with Crippen molar-refractivity contribution in [3.8, 4) is 5.88 Å². The number of fused-ring (bicyclic) bond motifs is 1. The summed E-state index contributed by atoms with van der Waals surface area (Å²) in [6.07, 6.45) is 5.27. The van der Waals surface area contributed by atoms with E-state index in [4.69, 9.17) is 4.74 Å². The molecule has 3 N–H and O–H groups in total. The number of H-pyrrole nitrogens is 2. The molecule has 0 fully saturated rings. The molecule has 0 bridgehead atoms. The molecule has 3 aromatic heterocycles. The Balaban J connectivity index is 1.79. The largest absolute Gasteiger partial charge is 0.478 e. The molecule has 0 aliphatic heterocycles. The minimum atomic E-state index is -0.443. The van der Waals surface area contributed by atoms with Crippen LogP contribution in [0.1, 0.15) is 23.0 Å². The van der Waals surface area contributed by atoms with E-state index in [1.165, 1.54) is 6.20 Å². The second kappa shape index (κ2) is 6.95. The van der Waals surface area contributed by atoms with Crippen LogP contribution in [0.5, 0.6) is 5.88 Å². The van der Waals surface area contributed by atoms with E-state index < -0.39 is 11.3 Å². The number of aromatic amines is 2. The molecule has 24 heavy (non-hydrogen) atoms. The second-order valence-electron chi connectivity index (χ2n) is 5.09. The van der Waals surface area contributed by atoms with Gasteiger partial charge in [0, 0.05) is 37.1 Å². The third-order valence-electron chi connectivity index (χ3n) is 3.47. The number of aromatic nitrogens is 4. The van der Waals surface area contributed by atoms with Gasteiger partial charge in [0.1, 0.15) is 11.1 Å². The summed E-state index contributed by atoms with van der Waals surface area (Å²) in [6, 6.07) is 3.38. The standard InChI is InChI=1S/C16H17N5O3/c1-2-24-13-4-3-12-14(21-13)15(22)11(8-19-12)16(23)18-6-5-10-7-17-9-20-10/h3-4,7-9H,2,5-6H2,1H3,(H,17,20)(H,18,23)(H,19,22). The minimum absolute atomic E-state index is 0.0215. The fourth-order valence-corrected chi connectivity index (χ4v) is 2.30. The Morgan fingerprint density at radius 2 is 2.21 bits per heavy atom. The summed E-state index contributed by atoms with van der Waals surface area (Å²) in [5, 5.41) is 2.72. The topological polar surface area (TPSA) is 113 Å². The van der Waals surface area contributed by atoms with Crippen molar-refractivity contribution in [2.45, 2.75) is 13.3 Å². The second-order valence-corrected chi connectivity index (χ2v) is 5.09. The van der Waals surface area contributed by atoms with E-state index in [0.717, 1.165) is 5.69 Å². The monoisotopic (exact) mass is 327 g/mol. The highest BCUT2D eigenvalue weighted by Crippen LogP contribution is 2.12. The van der Waals surface area contributed by atoms with Gasteiger partial charge in [0.15, 0.2) is 0 Å². The Morgan fingerprint density at radius 3 is 2.96 bits per heavy atom. The maximum Gasteiger partial charge on any atom is 0.256 e. The predicted molar refractivity (Wildman–Crippen MR) is 88.2 cm³/mol. The third kappa shape index (κ3) is 3.27. The third-order valence-corrected chi connectivity index (χ3v) is 3.47. The van der Waals surface area contributed by atoms with Gasteiger partial charge in [0.2, 0.25) is 11.3 Å². The molecular formula is C16H17N5O3. The number of hydrogen-bond acceptors (Lipinski definition) is 5. The molecule has 0 unspecified atom stereocenters. The van der Waals surface area contributed by atoms with Crippen LogP contribution in [0.2, 0.25) is 0 Å². The van der Waals surface area contributed by atoms with Crippen LogP contribution in [-0.4, -0.2) is 39.0 Å².